The van der Waals surface area contributed by atoms with Crippen molar-refractivity contribution in [2.24, 2.45) is 0 Å². The first-order valence-electron chi connectivity index (χ1n) is 4.74. The summed E-state index contributed by atoms with van der Waals surface area (Å²) in [7, 11) is 0. The average Bonchev–Trinajstić information content (AvgIpc) is 2.58. The van der Waals surface area contributed by atoms with Gasteiger partial charge in [-0.25, -0.2) is 0 Å². The lowest BCUT2D eigenvalue weighted by Gasteiger charge is -2.17. The highest BCUT2D eigenvalue weighted by Crippen LogP contribution is 2.26. The first kappa shape index (κ1) is 13.0. The lowest BCUT2D eigenvalue weighted by atomic mass is 10.3. The lowest BCUT2D eigenvalue weighted by molar-refractivity contribution is -0.123. The van der Waals surface area contributed by atoms with Gasteiger partial charge in [-0.3, -0.25) is 9.69 Å². The lowest BCUT2D eigenvalue weighted by Crippen LogP contribution is -2.33. The van der Waals surface area contributed by atoms with Crippen molar-refractivity contribution in [1.82, 2.24) is 4.90 Å². The van der Waals surface area contributed by atoms with Crippen molar-refractivity contribution in [2.75, 3.05) is 17.7 Å². The van der Waals surface area contributed by atoms with Gasteiger partial charge < -0.3 is 5.32 Å². The van der Waals surface area contributed by atoms with Crippen LogP contribution in [-0.2, 0) is 4.79 Å². The van der Waals surface area contributed by atoms with E-state index in [1.807, 2.05) is 0 Å². The van der Waals surface area contributed by atoms with Crippen molar-refractivity contribution in [3.05, 3.63) is 28.2 Å². The Morgan fingerprint density at radius 2 is 2.24 bits per heavy atom. The summed E-state index contributed by atoms with van der Waals surface area (Å²) < 4.78 is 0.590. The Morgan fingerprint density at radius 3 is 2.82 bits per heavy atom. The fourth-order valence-electron chi connectivity index (χ4n) is 1.33. The Balaban J connectivity index is 2.02. The summed E-state index contributed by atoms with van der Waals surface area (Å²) in [5, 5.41) is 4.15. The van der Waals surface area contributed by atoms with Crippen LogP contribution in [0.5, 0.6) is 0 Å². The molecule has 1 aromatic carbocycles. The second-order valence-electron chi connectivity index (χ2n) is 3.34. The van der Waals surface area contributed by atoms with Gasteiger partial charge in [0.1, 0.15) is 4.32 Å². The average molecular weight is 307 g/mol. The van der Waals surface area contributed by atoms with Crippen molar-refractivity contribution < 1.29 is 4.79 Å². The van der Waals surface area contributed by atoms with Gasteiger partial charge >= 0.3 is 0 Å². The Hall–Kier alpha value is -0.490. The molecule has 1 aromatic rings. The van der Waals surface area contributed by atoms with Gasteiger partial charge in [-0.05, 0) is 18.2 Å². The summed E-state index contributed by atoms with van der Waals surface area (Å²) in [6.45, 7) is 0.325. The zero-order valence-corrected chi connectivity index (χ0v) is 11.7. The quantitative estimate of drug-likeness (QED) is 0.869. The number of nitrogens with one attached hydrogen (secondary N) is 1. The number of benzene rings is 1. The molecule has 1 heterocycles. The molecule has 1 fully saturated rings. The van der Waals surface area contributed by atoms with E-state index in [1.54, 1.807) is 18.2 Å². The van der Waals surface area contributed by atoms with E-state index in [-0.39, 0.29) is 5.91 Å². The smallest absolute Gasteiger partial charge is 0.239 e. The van der Waals surface area contributed by atoms with Gasteiger partial charge in [0.2, 0.25) is 5.91 Å². The molecule has 90 valence electrons. The first-order valence-corrected chi connectivity index (χ1v) is 6.89. The van der Waals surface area contributed by atoms with Crippen LogP contribution in [0.4, 0.5) is 5.69 Å². The van der Waals surface area contributed by atoms with Crippen molar-refractivity contribution in [2.45, 2.75) is 0 Å². The predicted molar refractivity (Wildman–Crippen MR) is 76.9 cm³/mol. The fraction of sp³-hybridized carbons (Fsp3) is 0.200. The van der Waals surface area contributed by atoms with E-state index in [0.29, 0.717) is 26.8 Å². The van der Waals surface area contributed by atoms with Gasteiger partial charge in [0.25, 0.3) is 0 Å². The third-order valence-electron chi connectivity index (χ3n) is 2.20. The molecular weight excluding hydrogens is 299 g/mol. The second-order valence-corrected chi connectivity index (χ2v) is 5.79. The minimum Gasteiger partial charge on any atom is -0.366 e. The van der Waals surface area contributed by atoms with Crippen LogP contribution in [0, 0.1) is 0 Å². The predicted octanol–water partition coefficient (Wildman–Crippen LogP) is 3.22. The van der Waals surface area contributed by atoms with Gasteiger partial charge in [-0.15, -0.1) is 0 Å². The summed E-state index contributed by atoms with van der Waals surface area (Å²) in [5.74, 6) is 0.423. The maximum atomic E-state index is 11.5. The SMILES string of the molecule is O=C1CSC(=S)N1CNc1ccc(Cl)cc1Cl. The van der Waals surface area contributed by atoms with Gasteiger partial charge in [0.05, 0.1) is 23.1 Å². The van der Waals surface area contributed by atoms with Crippen molar-refractivity contribution in [3.8, 4) is 0 Å². The summed E-state index contributed by atoms with van der Waals surface area (Å²) in [4.78, 5) is 13.0. The minimum absolute atomic E-state index is 0.0117. The summed E-state index contributed by atoms with van der Waals surface area (Å²) >= 11 is 18.2. The minimum atomic E-state index is 0.0117. The fourth-order valence-corrected chi connectivity index (χ4v) is 2.87. The number of hydrogen-bond acceptors (Lipinski definition) is 4. The number of anilines is 1. The van der Waals surface area contributed by atoms with E-state index < -0.39 is 0 Å². The summed E-state index contributed by atoms with van der Waals surface area (Å²) in [6, 6.07) is 5.14. The highest BCUT2D eigenvalue weighted by molar-refractivity contribution is 8.23. The number of carbonyl (C=O) groups is 1. The van der Waals surface area contributed by atoms with E-state index in [4.69, 9.17) is 35.4 Å². The summed E-state index contributed by atoms with van der Waals surface area (Å²) in [6.07, 6.45) is 0. The van der Waals surface area contributed by atoms with E-state index in [2.05, 4.69) is 5.32 Å². The molecule has 0 bridgehead atoms. The van der Waals surface area contributed by atoms with Gasteiger partial charge in [-0.2, -0.15) is 0 Å². The Bertz CT molecular complexity index is 465. The standard InChI is InChI=1S/C10H8Cl2N2OS2/c11-6-1-2-8(7(12)3-6)13-5-14-9(15)4-17-10(14)16/h1-3,13H,4-5H2. The van der Waals surface area contributed by atoms with Crippen molar-refractivity contribution in [3.63, 3.8) is 0 Å². The van der Waals surface area contributed by atoms with Crippen molar-refractivity contribution >= 4 is 63.1 Å². The maximum absolute atomic E-state index is 11.5. The summed E-state index contributed by atoms with van der Waals surface area (Å²) in [5.41, 5.74) is 0.726. The molecule has 7 heteroatoms. The first-order chi connectivity index (χ1) is 8.08. The Morgan fingerprint density at radius 1 is 1.47 bits per heavy atom. The van der Waals surface area contributed by atoms with Crippen LogP contribution in [0.3, 0.4) is 0 Å². The number of halogens is 2. The molecule has 0 aliphatic carbocycles. The molecule has 0 aromatic heterocycles. The van der Waals surface area contributed by atoms with Crippen LogP contribution < -0.4 is 5.32 Å². The number of nitrogens with zero attached hydrogens (tertiary/aromatic N) is 1. The number of thioether (sulfide) groups is 1. The molecule has 3 nitrogen and oxygen atoms in total. The molecule has 0 radical (unpaired) electrons. The van der Waals surface area contributed by atoms with E-state index in [9.17, 15) is 4.79 Å². The second kappa shape index (κ2) is 5.44. The van der Waals surface area contributed by atoms with E-state index in [0.717, 1.165) is 5.69 Å². The van der Waals surface area contributed by atoms with Crippen LogP contribution in [0.25, 0.3) is 0 Å². The molecular formula is C10H8Cl2N2OS2. The molecule has 1 N–H and O–H groups in total. The highest BCUT2D eigenvalue weighted by Gasteiger charge is 2.26. The topological polar surface area (TPSA) is 32.3 Å². The van der Waals surface area contributed by atoms with Crippen molar-refractivity contribution in [1.29, 1.82) is 0 Å². The molecule has 17 heavy (non-hydrogen) atoms. The van der Waals surface area contributed by atoms with Crippen LogP contribution in [0.1, 0.15) is 0 Å². The Labute approximate surface area is 118 Å². The number of rotatable bonds is 3. The van der Waals surface area contributed by atoms with Crippen LogP contribution in [0.2, 0.25) is 10.0 Å². The van der Waals surface area contributed by atoms with Gasteiger partial charge in [-0.1, -0.05) is 47.2 Å². The normalized spacial score (nSPS) is 15.5. The molecule has 1 aliphatic heterocycles. The molecule has 1 amide bonds. The number of hydrogen-bond donors (Lipinski definition) is 1. The largest absolute Gasteiger partial charge is 0.366 e. The monoisotopic (exact) mass is 306 g/mol. The Kier molecular flexibility index (Phi) is 4.14. The van der Waals surface area contributed by atoms with Crippen LogP contribution in [0.15, 0.2) is 18.2 Å². The van der Waals surface area contributed by atoms with Crippen LogP contribution >= 0.6 is 47.2 Å². The molecule has 1 saturated heterocycles. The number of amides is 1. The van der Waals surface area contributed by atoms with E-state index >= 15 is 0 Å². The third kappa shape index (κ3) is 3.04. The number of carbonyl (C=O) groups excluding carboxylic acids is 1. The molecule has 1 aliphatic rings. The highest BCUT2D eigenvalue weighted by atomic mass is 35.5. The maximum Gasteiger partial charge on any atom is 0.239 e. The zero-order chi connectivity index (χ0) is 12.4. The van der Waals surface area contributed by atoms with Crippen LogP contribution in [-0.4, -0.2) is 27.5 Å². The molecule has 0 atom stereocenters. The molecule has 2 rings (SSSR count). The molecule has 0 unspecified atom stereocenters. The zero-order valence-electron chi connectivity index (χ0n) is 8.57. The van der Waals surface area contributed by atoms with E-state index in [1.165, 1.54) is 16.7 Å². The molecule has 0 saturated carbocycles. The molecule has 0 spiro atoms. The number of thiocarbonyl (C=S) groups is 1. The van der Waals surface area contributed by atoms with Gasteiger partial charge in [0.15, 0.2) is 0 Å². The van der Waals surface area contributed by atoms with Gasteiger partial charge in [0, 0.05) is 5.02 Å². The third-order valence-corrected chi connectivity index (χ3v) is 4.18.